The van der Waals surface area contributed by atoms with Crippen LogP contribution in [0.4, 0.5) is 0 Å². The number of benzene rings is 2. The van der Waals surface area contributed by atoms with E-state index < -0.39 is 11.8 Å². The molecule has 6 nitrogen and oxygen atoms in total. The Bertz CT molecular complexity index is 1020. The second-order valence-electron chi connectivity index (χ2n) is 13.3. The number of quaternary nitrogens is 2. The number of carbonyl (C=O) groups is 2. The van der Waals surface area contributed by atoms with Crippen molar-refractivity contribution in [1.82, 2.24) is 0 Å². The zero-order chi connectivity index (χ0) is 32.0. The lowest BCUT2D eigenvalue weighted by molar-refractivity contribution is -0.906. The average Bonchev–Trinajstić information content (AvgIpc) is 3.04. The first-order chi connectivity index (χ1) is 21.2. The minimum Gasteiger partial charge on any atom is -0.465 e. The highest BCUT2D eigenvalue weighted by Crippen LogP contribution is 2.58. The Labute approximate surface area is 267 Å². The van der Waals surface area contributed by atoms with Gasteiger partial charge in [-0.15, -0.1) is 0 Å². The van der Waals surface area contributed by atoms with Crippen LogP contribution in [0.1, 0.15) is 89.2 Å². The maximum Gasteiger partial charge on any atom is 0.310 e. The second kappa shape index (κ2) is 17.7. The number of esters is 2. The summed E-state index contributed by atoms with van der Waals surface area (Å²) in [5, 5.41) is 0. The lowest BCUT2D eigenvalue weighted by Gasteiger charge is -2.49. The molecule has 1 aliphatic carbocycles. The second-order valence-corrected chi connectivity index (χ2v) is 13.3. The van der Waals surface area contributed by atoms with Gasteiger partial charge in [-0.05, 0) is 77.3 Å². The van der Waals surface area contributed by atoms with Gasteiger partial charge in [-0.2, -0.15) is 0 Å². The van der Waals surface area contributed by atoms with Gasteiger partial charge < -0.3 is 18.4 Å². The van der Waals surface area contributed by atoms with Crippen molar-refractivity contribution in [3.63, 3.8) is 0 Å². The van der Waals surface area contributed by atoms with E-state index in [1.54, 1.807) is 0 Å². The van der Waals surface area contributed by atoms with Gasteiger partial charge in [0.2, 0.25) is 0 Å². The molecular weight excluding hydrogens is 548 g/mol. The molecule has 2 aromatic rings. The molecular formula is C38H60N2O4+2. The topological polar surface area (TPSA) is 52.6 Å². The number of carbonyl (C=O) groups excluding carboxylic acids is 2. The van der Waals surface area contributed by atoms with E-state index in [0.717, 1.165) is 97.9 Å². The van der Waals surface area contributed by atoms with E-state index in [0.29, 0.717) is 13.2 Å². The fourth-order valence-corrected chi connectivity index (χ4v) is 6.68. The Balaban J connectivity index is 1.65. The Hall–Kier alpha value is -2.70. The van der Waals surface area contributed by atoms with Gasteiger partial charge in [0, 0.05) is 11.8 Å². The van der Waals surface area contributed by atoms with Crippen molar-refractivity contribution >= 4 is 11.9 Å². The first-order valence-electron chi connectivity index (χ1n) is 17.3. The van der Waals surface area contributed by atoms with Crippen molar-refractivity contribution in [2.45, 2.75) is 78.1 Å². The molecule has 1 saturated carbocycles. The quantitative estimate of drug-likeness (QED) is 0.0907. The van der Waals surface area contributed by atoms with E-state index in [1.165, 1.54) is 0 Å². The molecule has 0 amide bonds. The third kappa shape index (κ3) is 9.65. The van der Waals surface area contributed by atoms with E-state index in [1.807, 2.05) is 60.7 Å². The van der Waals surface area contributed by atoms with Crippen LogP contribution >= 0.6 is 0 Å². The molecule has 0 radical (unpaired) electrons. The minimum absolute atomic E-state index is 0.201. The van der Waals surface area contributed by atoms with Gasteiger partial charge in [0.05, 0.1) is 78.4 Å². The zero-order valence-electron chi connectivity index (χ0n) is 28.5. The van der Waals surface area contributed by atoms with Crippen LogP contribution in [0.15, 0.2) is 60.7 Å². The van der Waals surface area contributed by atoms with Crippen LogP contribution in [0.2, 0.25) is 0 Å². The molecule has 3 rings (SSSR count). The largest absolute Gasteiger partial charge is 0.465 e. The van der Waals surface area contributed by atoms with Crippen LogP contribution in [-0.2, 0) is 19.1 Å². The highest BCUT2D eigenvalue weighted by atomic mass is 16.5. The van der Waals surface area contributed by atoms with Gasteiger partial charge >= 0.3 is 11.9 Å². The van der Waals surface area contributed by atoms with E-state index in [2.05, 4.69) is 41.8 Å². The Morgan fingerprint density at radius 2 is 0.886 bits per heavy atom. The zero-order valence-corrected chi connectivity index (χ0v) is 28.5. The molecule has 1 fully saturated rings. The molecule has 0 aromatic heterocycles. The van der Waals surface area contributed by atoms with E-state index in [4.69, 9.17) is 9.47 Å². The molecule has 6 heteroatoms. The normalized spacial score (nSPS) is 20.1. The summed E-state index contributed by atoms with van der Waals surface area (Å²) >= 11 is 0. The summed E-state index contributed by atoms with van der Waals surface area (Å²) in [6.07, 6.45) is 6.06. The van der Waals surface area contributed by atoms with Crippen LogP contribution < -0.4 is 0 Å². The molecule has 44 heavy (non-hydrogen) atoms. The first kappa shape index (κ1) is 35.8. The van der Waals surface area contributed by atoms with Crippen LogP contribution in [0.5, 0.6) is 0 Å². The highest BCUT2D eigenvalue weighted by molar-refractivity contribution is 5.85. The summed E-state index contributed by atoms with van der Waals surface area (Å²) < 4.78 is 14.0. The Morgan fingerprint density at radius 1 is 0.545 bits per heavy atom. The third-order valence-corrected chi connectivity index (χ3v) is 10.7. The molecule has 0 atom stereocenters. The fourth-order valence-electron chi connectivity index (χ4n) is 6.68. The monoisotopic (exact) mass is 608 g/mol. The summed E-state index contributed by atoms with van der Waals surface area (Å²) in [7, 11) is 4.61. The molecule has 0 unspecified atom stereocenters. The van der Waals surface area contributed by atoms with Crippen LogP contribution in [0.25, 0.3) is 0 Å². The predicted octanol–water partition coefficient (Wildman–Crippen LogP) is 7.20. The highest BCUT2D eigenvalue weighted by Gasteiger charge is 2.59. The standard InChI is InChI=1S/C38H60N2O4/c1-7-39(5,8-2)27-19-13-21-29-43-37(41)35-33(31-23-15-11-16-24-31)36(34(35)32-25-17-12-18-26-32)38(42)44-30-22-14-20-28-40(6,9-3)10-4/h11-12,15-18,23-26,33-36H,7-10,13-14,19-22,27-30H2,1-6H3/q+2. The fraction of sp³-hybridized carbons (Fsp3) is 0.632. The van der Waals surface area contributed by atoms with E-state index in [9.17, 15) is 9.59 Å². The summed E-state index contributed by atoms with van der Waals surface area (Å²) in [6, 6.07) is 20.0. The van der Waals surface area contributed by atoms with Crippen LogP contribution in [-0.4, -0.2) is 87.5 Å². The lowest BCUT2D eigenvalue weighted by atomic mass is 9.52. The van der Waals surface area contributed by atoms with Crippen molar-refractivity contribution < 1.29 is 28.0 Å². The third-order valence-electron chi connectivity index (χ3n) is 10.7. The Kier molecular flexibility index (Phi) is 14.4. The number of hydrogen-bond acceptors (Lipinski definition) is 4. The molecule has 244 valence electrons. The van der Waals surface area contributed by atoms with Gasteiger partial charge in [-0.1, -0.05) is 60.7 Å². The molecule has 0 bridgehead atoms. The average molecular weight is 609 g/mol. The van der Waals surface area contributed by atoms with Crippen molar-refractivity contribution in [2.24, 2.45) is 11.8 Å². The van der Waals surface area contributed by atoms with Crippen LogP contribution in [0.3, 0.4) is 0 Å². The maximum atomic E-state index is 13.7. The van der Waals surface area contributed by atoms with Gasteiger partial charge in [0.25, 0.3) is 0 Å². The summed E-state index contributed by atoms with van der Waals surface area (Å²) in [4.78, 5) is 27.5. The Morgan fingerprint density at radius 3 is 1.20 bits per heavy atom. The number of ether oxygens (including phenoxy) is 2. The number of hydrogen-bond donors (Lipinski definition) is 0. The number of rotatable bonds is 20. The van der Waals surface area contributed by atoms with Gasteiger partial charge in [-0.3, -0.25) is 9.59 Å². The van der Waals surface area contributed by atoms with Crippen molar-refractivity contribution in [3.8, 4) is 0 Å². The number of nitrogens with zero attached hydrogens (tertiary/aromatic N) is 2. The van der Waals surface area contributed by atoms with Crippen molar-refractivity contribution in [2.75, 3.05) is 66.6 Å². The first-order valence-corrected chi connectivity index (χ1v) is 17.3. The predicted molar refractivity (Wildman–Crippen MR) is 179 cm³/mol. The van der Waals surface area contributed by atoms with Crippen molar-refractivity contribution in [1.29, 1.82) is 0 Å². The van der Waals surface area contributed by atoms with Gasteiger partial charge in [-0.25, -0.2) is 0 Å². The maximum absolute atomic E-state index is 13.7. The summed E-state index contributed by atoms with van der Waals surface area (Å²) in [5.41, 5.74) is 1.99. The van der Waals surface area contributed by atoms with Gasteiger partial charge in [0.1, 0.15) is 0 Å². The van der Waals surface area contributed by atoms with Crippen molar-refractivity contribution in [3.05, 3.63) is 71.8 Å². The van der Waals surface area contributed by atoms with E-state index in [-0.39, 0.29) is 23.8 Å². The molecule has 0 aliphatic heterocycles. The summed E-state index contributed by atoms with van der Waals surface area (Å²) in [6.45, 7) is 16.7. The molecule has 2 aromatic carbocycles. The van der Waals surface area contributed by atoms with Crippen LogP contribution in [0, 0.1) is 11.8 Å². The minimum atomic E-state index is -0.420. The molecule has 0 spiro atoms. The SMILES string of the molecule is CC[N+](C)(CC)CCCCCOC(=O)C1C(c2ccccc2)C(C(=O)OCCCCC[N+](C)(CC)CC)C1c1ccccc1. The molecule has 0 heterocycles. The molecule has 0 saturated heterocycles. The lowest BCUT2D eigenvalue weighted by Crippen LogP contribution is -2.52. The van der Waals surface area contributed by atoms with Gasteiger partial charge in [0.15, 0.2) is 0 Å². The number of unbranched alkanes of at least 4 members (excludes halogenated alkanes) is 4. The molecule has 1 aliphatic rings. The summed E-state index contributed by atoms with van der Waals surface area (Å²) in [5.74, 6) is -1.77. The smallest absolute Gasteiger partial charge is 0.310 e. The molecule has 0 N–H and O–H groups in total. The van der Waals surface area contributed by atoms with E-state index >= 15 is 0 Å².